The predicted octanol–water partition coefficient (Wildman–Crippen LogP) is 4.46. The third-order valence-electron chi connectivity index (χ3n) is 5.99. The molecule has 5 nitrogen and oxygen atoms in total. The summed E-state index contributed by atoms with van der Waals surface area (Å²) in [5.41, 5.74) is 3.68. The number of hydrogen-bond donors (Lipinski definition) is 0. The molecule has 0 spiro atoms. The molecule has 0 amide bonds. The number of halogens is 1. The van der Waals surface area contributed by atoms with E-state index >= 15 is 0 Å². The van der Waals surface area contributed by atoms with Gasteiger partial charge in [-0.25, -0.2) is 0 Å². The quantitative estimate of drug-likeness (QED) is 0.677. The number of benzene rings is 2. The van der Waals surface area contributed by atoms with Gasteiger partial charge in [0, 0.05) is 38.5 Å². The van der Waals surface area contributed by atoms with Crippen molar-refractivity contribution < 1.29 is 9.57 Å². The molecule has 2 aromatic rings. The van der Waals surface area contributed by atoms with Gasteiger partial charge < -0.3 is 19.4 Å². The van der Waals surface area contributed by atoms with Crippen molar-refractivity contribution in [2.75, 3.05) is 19.0 Å². The lowest BCUT2D eigenvalue weighted by Gasteiger charge is -2.36. The minimum atomic E-state index is -0.232. The Labute approximate surface area is 182 Å². The van der Waals surface area contributed by atoms with Crippen LogP contribution < -0.4 is 4.90 Å². The summed E-state index contributed by atoms with van der Waals surface area (Å²) in [6.07, 6.45) is 6.43. The first-order valence-electron chi connectivity index (χ1n) is 10.4. The van der Waals surface area contributed by atoms with Gasteiger partial charge in [-0.1, -0.05) is 60.1 Å². The molecule has 3 aliphatic rings. The van der Waals surface area contributed by atoms with Crippen LogP contribution in [0.5, 0.6) is 0 Å². The van der Waals surface area contributed by atoms with Crippen molar-refractivity contribution in [1.29, 1.82) is 0 Å². The number of aryl methyl sites for hydroxylation is 1. The first-order chi connectivity index (χ1) is 14.6. The average Bonchev–Trinajstić information content (AvgIpc) is 3.16. The molecule has 0 saturated carbocycles. The number of para-hydroxylation sites is 1. The Kier molecular flexibility index (Phi) is 5.19. The number of allylic oxidation sites excluding steroid dienone is 1. The third-order valence-corrected chi connectivity index (χ3v) is 6.27. The van der Waals surface area contributed by atoms with Crippen LogP contribution in [0.1, 0.15) is 17.5 Å². The van der Waals surface area contributed by atoms with Gasteiger partial charge in [-0.05, 0) is 30.0 Å². The topological polar surface area (TPSA) is 28.2 Å². The van der Waals surface area contributed by atoms with Crippen LogP contribution in [-0.2, 0) is 22.4 Å². The van der Waals surface area contributed by atoms with Gasteiger partial charge in [-0.15, -0.1) is 5.06 Å². The number of nitrogens with zero attached hydrogens (tertiary/aromatic N) is 3. The molecule has 0 bridgehead atoms. The molecule has 0 saturated heterocycles. The van der Waals surface area contributed by atoms with Crippen LogP contribution in [0.3, 0.4) is 0 Å². The first-order valence-corrected chi connectivity index (χ1v) is 10.8. The van der Waals surface area contributed by atoms with E-state index in [0.29, 0.717) is 0 Å². The predicted molar refractivity (Wildman–Crippen MR) is 118 cm³/mol. The van der Waals surface area contributed by atoms with Crippen LogP contribution in [-0.4, -0.2) is 42.6 Å². The van der Waals surface area contributed by atoms with E-state index in [4.69, 9.17) is 21.2 Å². The Hall–Kier alpha value is -2.47. The lowest BCUT2D eigenvalue weighted by molar-refractivity contribution is -0.194. The molecular formula is C24H26ClN3O2. The second kappa shape index (κ2) is 7.99. The van der Waals surface area contributed by atoms with Gasteiger partial charge >= 0.3 is 0 Å². The lowest BCUT2D eigenvalue weighted by atomic mass is 10.1. The lowest BCUT2D eigenvalue weighted by Crippen LogP contribution is -2.49. The van der Waals surface area contributed by atoms with Crippen molar-refractivity contribution in [3.05, 3.63) is 88.9 Å². The van der Waals surface area contributed by atoms with Crippen molar-refractivity contribution in [3.8, 4) is 0 Å². The van der Waals surface area contributed by atoms with Crippen molar-refractivity contribution >= 4 is 17.3 Å². The third kappa shape index (κ3) is 3.58. The fourth-order valence-corrected chi connectivity index (χ4v) is 4.91. The summed E-state index contributed by atoms with van der Waals surface area (Å²) in [5, 5.41) is 2.52. The van der Waals surface area contributed by atoms with E-state index in [0.717, 1.165) is 35.9 Å². The van der Waals surface area contributed by atoms with E-state index in [1.165, 1.54) is 11.1 Å². The highest BCUT2D eigenvalue weighted by atomic mass is 35.5. The molecule has 0 aliphatic carbocycles. The summed E-state index contributed by atoms with van der Waals surface area (Å²) in [6, 6.07) is 18.8. The summed E-state index contributed by atoms with van der Waals surface area (Å²) in [6.45, 7) is 0. The van der Waals surface area contributed by atoms with E-state index in [-0.39, 0.29) is 18.5 Å². The minimum absolute atomic E-state index is 0.0149. The summed E-state index contributed by atoms with van der Waals surface area (Å²) in [7, 11) is 3.98. The Bertz CT molecular complexity index is 977. The highest BCUT2D eigenvalue weighted by molar-refractivity contribution is 6.31. The molecule has 0 aromatic heterocycles. The number of anilines is 1. The fourth-order valence-electron chi connectivity index (χ4n) is 4.57. The molecular weight excluding hydrogens is 398 g/mol. The van der Waals surface area contributed by atoms with Gasteiger partial charge in [-0.3, -0.25) is 0 Å². The molecule has 0 N–H and O–H groups in total. The molecule has 0 fully saturated rings. The largest absolute Gasteiger partial charge is 0.408 e. The fraction of sp³-hybridized carbons (Fsp3) is 0.333. The SMILES string of the molecule is CN1C=C(Cl)N2c3ccccc3CCC(OC3C=C(Cc4ccccc4)ON3C)C12. The molecule has 30 heavy (non-hydrogen) atoms. The molecule has 3 unspecified atom stereocenters. The molecule has 2 aromatic carbocycles. The van der Waals surface area contributed by atoms with E-state index < -0.39 is 0 Å². The van der Waals surface area contributed by atoms with Crippen LogP contribution in [0.15, 0.2) is 77.8 Å². The zero-order valence-electron chi connectivity index (χ0n) is 17.2. The molecule has 6 heteroatoms. The second-order valence-electron chi connectivity index (χ2n) is 8.07. The molecule has 5 rings (SSSR count). The average molecular weight is 424 g/mol. The molecule has 3 heterocycles. The highest BCUT2D eigenvalue weighted by Gasteiger charge is 2.42. The van der Waals surface area contributed by atoms with Gasteiger partial charge in [0.05, 0.1) is 6.10 Å². The Morgan fingerprint density at radius 2 is 1.83 bits per heavy atom. The Morgan fingerprint density at radius 3 is 2.67 bits per heavy atom. The van der Waals surface area contributed by atoms with Crippen molar-refractivity contribution in [1.82, 2.24) is 9.96 Å². The van der Waals surface area contributed by atoms with Crippen molar-refractivity contribution in [3.63, 3.8) is 0 Å². The van der Waals surface area contributed by atoms with Crippen LogP contribution >= 0.6 is 11.6 Å². The van der Waals surface area contributed by atoms with Gasteiger partial charge in [-0.2, -0.15) is 0 Å². The second-order valence-corrected chi connectivity index (χ2v) is 8.45. The van der Waals surface area contributed by atoms with Crippen LogP contribution in [0.2, 0.25) is 0 Å². The van der Waals surface area contributed by atoms with Gasteiger partial charge in [0.1, 0.15) is 17.1 Å². The van der Waals surface area contributed by atoms with E-state index in [2.05, 4.69) is 59.3 Å². The molecule has 3 aliphatic heterocycles. The van der Waals surface area contributed by atoms with E-state index in [1.807, 2.05) is 31.4 Å². The molecule has 3 atom stereocenters. The number of ether oxygens (including phenoxy) is 1. The zero-order valence-corrected chi connectivity index (χ0v) is 18.0. The van der Waals surface area contributed by atoms with Crippen LogP contribution in [0, 0.1) is 0 Å². The minimum Gasteiger partial charge on any atom is -0.408 e. The highest BCUT2D eigenvalue weighted by Crippen LogP contribution is 2.40. The van der Waals surface area contributed by atoms with Crippen LogP contribution in [0.4, 0.5) is 5.69 Å². The molecule has 0 radical (unpaired) electrons. The monoisotopic (exact) mass is 423 g/mol. The Balaban J connectivity index is 1.37. The molecule has 156 valence electrons. The summed E-state index contributed by atoms with van der Waals surface area (Å²) >= 11 is 6.65. The van der Waals surface area contributed by atoms with E-state index in [9.17, 15) is 0 Å². The maximum Gasteiger partial charge on any atom is 0.165 e. The van der Waals surface area contributed by atoms with Crippen molar-refractivity contribution in [2.45, 2.75) is 37.8 Å². The maximum absolute atomic E-state index is 6.65. The smallest absolute Gasteiger partial charge is 0.165 e. The number of hydroxylamine groups is 2. The standard InChI is InChI=1S/C24H26ClN3O2/c1-26-16-22(25)28-20-11-7-6-10-18(20)12-13-21(24(26)28)29-23-15-19(30-27(23)2)14-17-8-4-3-5-9-17/h3-11,15-16,21,23-24H,12-14H2,1-2H3. The van der Waals surface area contributed by atoms with Gasteiger partial charge in [0.15, 0.2) is 6.23 Å². The van der Waals surface area contributed by atoms with Gasteiger partial charge in [0.2, 0.25) is 0 Å². The number of likely N-dealkylation sites (N-methyl/N-ethyl adjacent to an activating group) is 2. The number of hydrogen-bond acceptors (Lipinski definition) is 5. The van der Waals surface area contributed by atoms with Crippen molar-refractivity contribution in [2.24, 2.45) is 0 Å². The van der Waals surface area contributed by atoms with Crippen LogP contribution in [0.25, 0.3) is 0 Å². The zero-order chi connectivity index (χ0) is 20.7. The van der Waals surface area contributed by atoms with Gasteiger partial charge in [0.25, 0.3) is 0 Å². The number of rotatable bonds is 4. The maximum atomic E-state index is 6.65. The summed E-state index contributed by atoms with van der Waals surface area (Å²) in [4.78, 5) is 10.3. The normalized spacial score (nSPS) is 25.9. The summed E-state index contributed by atoms with van der Waals surface area (Å²) in [5.74, 6) is 0.915. The first kappa shape index (κ1) is 19.5. The number of fused-ring (bicyclic) bond motifs is 3. The Morgan fingerprint density at radius 1 is 1.07 bits per heavy atom. The van der Waals surface area contributed by atoms with E-state index in [1.54, 1.807) is 5.06 Å². The summed E-state index contributed by atoms with van der Waals surface area (Å²) < 4.78 is 6.63.